The fraction of sp³-hybridized carbons (Fsp3) is 0.750. The molecule has 2 saturated heterocycles. The van der Waals surface area contributed by atoms with E-state index in [9.17, 15) is 9.90 Å². The normalized spacial score (nSPS) is 37.8. The highest BCUT2D eigenvalue weighted by Gasteiger charge is 2.38. The van der Waals surface area contributed by atoms with Gasteiger partial charge >= 0.3 is 5.97 Å². The molecule has 2 rings (SSSR count). The minimum Gasteiger partial charge on any atom is -0.466 e. The molecule has 0 aromatic heterocycles. The minimum atomic E-state index is -0.629. The molecule has 0 aliphatic carbocycles. The lowest BCUT2D eigenvalue weighted by Gasteiger charge is -2.40. The van der Waals surface area contributed by atoms with Gasteiger partial charge < -0.3 is 19.3 Å². The Morgan fingerprint density at radius 3 is 3.06 bits per heavy atom. The van der Waals surface area contributed by atoms with Gasteiger partial charge in [-0.05, 0) is 18.9 Å². The number of methoxy groups -OCH3 is 1. The first-order valence-electron chi connectivity index (χ1n) is 5.92. The minimum absolute atomic E-state index is 0.0125. The summed E-state index contributed by atoms with van der Waals surface area (Å²) in [6.07, 6.45) is 4.26. The highest BCUT2D eigenvalue weighted by molar-refractivity contribution is 5.81. The van der Waals surface area contributed by atoms with Crippen LogP contribution in [0.4, 0.5) is 0 Å². The van der Waals surface area contributed by atoms with E-state index in [1.807, 2.05) is 0 Å². The van der Waals surface area contributed by atoms with Crippen molar-refractivity contribution in [1.82, 2.24) is 0 Å². The van der Waals surface area contributed by atoms with Crippen LogP contribution in [0.1, 0.15) is 19.3 Å². The summed E-state index contributed by atoms with van der Waals surface area (Å²) >= 11 is 0. The third-order valence-corrected chi connectivity index (χ3v) is 3.19. The Hall–Kier alpha value is -0.910. The molecule has 0 amide bonds. The highest BCUT2D eigenvalue weighted by atomic mass is 16.6. The SMILES string of the molecule is COC(=O)/C=C/[C@H]1O[C@H]2CCCO[C@@H]2C[C@@H]1O. The smallest absolute Gasteiger partial charge is 0.330 e. The molecule has 0 spiro atoms. The third-order valence-electron chi connectivity index (χ3n) is 3.19. The maximum Gasteiger partial charge on any atom is 0.330 e. The van der Waals surface area contributed by atoms with Crippen LogP contribution in [0.2, 0.25) is 0 Å². The number of ether oxygens (including phenoxy) is 3. The Balaban J connectivity index is 1.94. The molecule has 0 aromatic rings. The number of hydrogen-bond donors (Lipinski definition) is 1. The molecule has 0 radical (unpaired) electrons. The van der Waals surface area contributed by atoms with Gasteiger partial charge in [-0.25, -0.2) is 4.79 Å². The lowest BCUT2D eigenvalue weighted by Crippen LogP contribution is -2.49. The Morgan fingerprint density at radius 1 is 1.47 bits per heavy atom. The quantitative estimate of drug-likeness (QED) is 0.561. The first-order valence-corrected chi connectivity index (χ1v) is 5.92. The van der Waals surface area contributed by atoms with Crippen LogP contribution in [0.5, 0.6) is 0 Å². The van der Waals surface area contributed by atoms with Gasteiger partial charge in [0, 0.05) is 19.1 Å². The molecule has 5 heteroatoms. The topological polar surface area (TPSA) is 65.0 Å². The van der Waals surface area contributed by atoms with Crippen LogP contribution in [0.25, 0.3) is 0 Å². The molecule has 5 nitrogen and oxygen atoms in total. The van der Waals surface area contributed by atoms with Gasteiger partial charge in [0.05, 0.1) is 25.4 Å². The van der Waals surface area contributed by atoms with Crippen molar-refractivity contribution in [3.8, 4) is 0 Å². The molecule has 0 saturated carbocycles. The Labute approximate surface area is 100 Å². The zero-order chi connectivity index (χ0) is 12.3. The van der Waals surface area contributed by atoms with Crippen molar-refractivity contribution < 1.29 is 24.1 Å². The van der Waals surface area contributed by atoms with Crippen LogP contribution >= 0.6 is 0 Å². The van der Waals surface area contributed by atoms with Gasteiger partial charge in [-0.3, -0.25) is 0 Å². The van der Waals surface area contributed by atoms with E-state index in [0.717, 1.165) is 19.4 Å². The monoisotopic (exact) mass is 242 g/mol. The van der Waals surface area contributed by atoms with E-state index < -0.39 is 18.2 Å². The van der Waals surface area contributed by atoms with Gasteiger partial charge in [-0.1, -0.05) is 0 Å². The number of esters is 1. The number of aliphatic hydroxyl groups is 1. The summed E-state index contributed by atoms with van der Waals surface area (Å²) in [5, 5.41) is 9.89. The number of aliphatic hydroxyl groups excluding tert-OH is 1. The van der Waals surface area contributed by atoms with Crippen LogP contribution < -0.4 is 0 Å². The molecule has 1 N–H and O–H groups in total. The molecular formula is C12H18O5. The maximum atomic E-state index is 11.0. The van der Waals surface area contributed by atoms with E-state index in [0.29, 0.717) is 6.42 Å². The number of fused-ring (bicyclic) bond motifs is 1. The first kappa shape index (κ1) is 12.5. The summed E-state index contributed by atoms with van der Waals surface area (Å²) in [5.74, 6) is -0.442. The van der Waals surface area contributed by atoms with Gasteiger partial charge in [-0.2, -0.15) is 0 Å². The molecule has 4 atom stereocenters. The Bertz CT molecular complexity index is 301. The number of carbonyl (C=O) groups is 1. The van der Waals surface area contributed by atoms with Gasteiger partial charge in [0.15, 0.2) is 0 Å². The van der Waals surface area contributed by atoms with Crippen LogP contribution in [0.15, 0.2) is 12.2 Å². The van der Waals surface area contributed by atoms with Crippen molar-refractivity contribution in [3.05, 3.63) is 12.2 Å². The molecule has 96 valence electrons. The third kappa shape index (κ3) is 3.06. The molecule has 17 heavy (non-hydrogen) atoms. The number of carbonyl (C=O) groups excluding carboxylic acids is 1. The average Bonchev–Trinajstić information content (AvgIpc) is 2.35. The summed E-state index contributed by atoms with van der Waals surface area (Å²) < 4.78 is 15.8. The summed E-state index contributed by atoms with van der Waals surface area (Å²) in [6, 6.07) is 0. The van der Waals surface area contributed by atoms with Crippen molar-refractivity contribution in [2.45, 2.75) is 43.7 Å². The van der Waals surface area contributed by atoms with Gasteiger partial charge in [0.25, 0.3) is 0 Å². The van der Waals surface area contributed by atoms with Crippen molar-refractivity contribution in [1.29, 1.82) is 0 Å². The van der Waals surface area contributed by atoms with Crippen LogP contribution in [0.3, 0.4) is 0 Å². The van der Waals surface area contributed by atoms with Crippen LogP contribution in [-0.2, 0) is 19.0 Å². The second-order valence-electron chi connectivity index (χ2n) is 4.38. The van der Waals surface area contributed by atoms with Crippen molar-refractivity contribution in [2.75, 3.05) is 13.7 Å². The fourth-order valence-corrected chi connectivity index (χ4v) is 2.27. The van der Waals surface area contributed by atoms with E-state index in [1.165, 1.54) is 13.2 Å². The predicted molar refractivity (Wildman–Crippen MR) is 59.4 cm³/mol. The lowest BCUT2D eigenvalue weighted by atomic mass is 9.93. The fourth-order valence-electron chi connectivity index (χ4n) is 2.27. The van der Waals surface area contributed by atoms with E-state index in [2.05, 4.69) is 4.74 Å². The summed E-state index contributed by atoms with van der Waals surface area (Å²) in [5.41, 5.74) is 0. The maximum absolute atomic E-state index is 11.0. The summed E-state index contributed by atoms with van der Waals surface area (Å²) in [4.78, 5) is 11.0. The average molecular weight is 242 g/mol. The molecule has 2 aliphatic rings. The van der Waals surface area contributed by atoms with E-state index in [4.69, 9.17) is 9.47 Å². The summed E-state index contributed by atoms with van der Waals surface area (Å²) in [6.45, 7) is 0.736. The van der Waals surface area contributed by atoms with Gasteiger partial charge in [0.2, 0.25) is 0 Å². The Morgan fingerprint density at radius 2 is 2.29 bits per heavy atom. The van der Waals surface area contributed by atoms with E-state index in [-0.39, 0.29) is 12.2 Å². The molecule has 0 unspecified atom stereocenters. The van der Waals surface area contributed by atoms with Crippen LogP contribution in [0, 0.1) is 0 Å². The highest BCUT2D eigenvalue weighted by Crippen LogP contribution is 2.29. The molecule has 2 fully saturated rings. The van der Waals surface area contributed by atoms with Crippen molar-refractivity contribution in [3.63, 3.8) is 0 Å². The van der Waals surface area contributed by atoms with Crippen LogP contribution in [-0.4, -0.2) is 49.2 Å². The molecule has 2 aliphatic heterocycles. The van der Waals surface area contributed by atoms with Gasteiger partial charge in [-0.15, -0.1) is 0 Å². The predicted octanol–water partition coefficient (Wildman–Crippen LogP) is 0.413. The van der Waals surface area contributed by atoms with E-state index >= 15 is 0 Å². The van der Waals surface area contributed by atoms with Gasteiger partial charge in [0.1, 0.15) is 6.10 Å². The second-order valence-corrected chi connectivity index (χ2v) is 4.38. The zero-order valence-electron chi connectivity index (χ0n) is 9.87. The number of hydrogen-bond acceptors (Lipinski definition) is 5. The standard InChI is InChI=1S/C12H18O5/c1-15-12(14)5-4-9-8(13)7-11-10(17-9)3-2-6-16-11/h4-5,8-11,13H,2-3,6-7H2,1H3/b5-4+/t8-,9+,10-,11+/m0/s1. The van der Waals surface area contributed by atoms with Crippen molar-refractivity contribution in [2.24, 2.45) is 0 Å². The molecule has 0 bridgehead atoms. The molecular weight excluding hydrogens is 224 g/mol. The zero-order valence-corrected chi connectivity index (χ0v) is 9.87. The van der Waals surface area contributed by atoms with E-state index in [1.54, 1.807) is 6.08 Å². The molecule has 0 aromatic carbocycles. The molecule has 2 heterocycles. The lowest BCUT2D eigenvalue weighted by molar-refractivity contribution is -0.188. The summed E-state index contributed by atoms with van der Waals surface area (Å²) in [7, 11) is 1.32. The second kappa shape index (κ2) is 5.62. The Kier molecular flexibility index (Phi) is 4.15. The first-order chi connectivity index (χ1) is 8.20. The van der Waals surface area contributed by atoms with Crippen molar-refractivity contribution >= 4 is 5.97 Å². The number of rotatable bonds is 2. The largest absolute Gasteiger partial charge is 0.466 e.